The number of hydrogen-bond acceptors (Lipinski definition) is 4. The Bertz CT molecular complexity index is 457. The zero-order chi connectivity index (χ0) is 13.8. The molecular formula is C14H19FN2O2. The van der Waals surface area contributed by atoms with Crippen LogP contribution in [0, 0.1) is 5.82 Å². The fourth-order valence-electron chi connectivity index (χ4n) is 2.14. The normalized spacial score (nSPS) is 17.4. The number of rotatable bonds is 4. The van der Waals surface area contributed by atoms with E-state index in [4.69, 9.17) is 4.74 Å². The Labute approximate surface area is 112 Å². The first-order valence-corrected chi connectivity index (χ1v) is 6.38. The Hall–Kier alpha value is -1.46. The fraction of sp³-hybridized carbons (Fsp3) is 0.500. The summed E-state index contributed by atoms with van der Waals surface area (Å²) in [5.41, 5.74) is 0.400. The minimum absolute atomic E-state index is 0.0499. The van der Waals surface area contributed by atoms with Crippen molar-refractivity contribution in [2.45, 2.75) is 0 Å². The summed E-state index contributed by atoms with van der Waals surface area (Å²) < 4.78 is 18.4. The van der Waals surface area contributed by atoms with Gasteiger partial charge in [-0.15, -0.1) is 0 Å². The average molecular weight is 266 g/mol. The predicted molar refractivity (Wildman–Crippen MR) is 71.2 cm³/mol. The molecule has 0 amide bonds. The summed E-state index contributed by atoms with van der Waals surface area (Å²) in [4.78, 5) is 16.4. The minimum atomic E-state index is -0.494. The van der Waals surface area contributed by atoms with Gasteiger partial charge in [0.2, 0.25) is 0 Å². The summed E-state index contributed by atoms with van der Waals surface area (Å²) in [7, 11) is 3.47. The molecule has 1 saturated heterocycles. The second-order valence-electron chi connectivity index (χ2n) is 4.85. The molecule has 19 heavy (non-hydrogen) atoms. The third-order valence-electron chi connectivity index (χ3n) is 3.44. The predicted octanol–water partition coefficient (Wildman–Crippen LogP) is 1.26. The molecule has 5 heteroatoms. The molecule has 1 fully saturated rings. The zero-order valence-corrected chi connectivity index (χ0v) is 11.4. The van der Waals surface area contributed by atoms with Crippen LogP contribution in [0.4, 0.5) is 4.39 Å². The lowest BCUT2D eigenvalue weighted by molar-refractivity contribution is 0.0876. The SMILES string of the molecule is COc1ccc(C(=O)CN2CCN(C)CC2)cc1F. The van der Waals surface area contributed by atoms with Crippen molar-refractivity contribution in [3.8, 4) is 5.75 Å². The van der Waals surface area contributed by atoms with E-state index in [1.807, 2.05) is 0 Å². The van der Waals surface area contributed by atoms with E-state index in [1.54, 1.807) is 6.07 Å². The molecule has 0 aromatic heterocycles. The number of nitrogens with zero attached hydrogens (tertiary/aromatic N) is 2. The quantitative estimate of drug-likeness (QED) is 0.768. The van der Waals surface area contributed by atoms with Gasteiger partial charge in [-0.2, -0.15) is 0 Å². The number of halogens is 1. The summed E-state index contributed by atoms with van der Waals surface area (Å²) in [5, 5.41) is 0. The van der Waals surface area contributed by atoms with E-state index in [0.29, 0.717) is 12.1 Å². The van der Waals surface area contributed by atoms with Crippen LogP contribution < -0.4 is 4.74 Å². The van der Waals surface area contributed by atoms with Gasteiger partial charge in [0.25, 0.3) is 0 Å². The van der Waals surface area contributed by atoms with E-state index in [2.05, 4.69) is 16.8 Å². The van der Waals surface area contributed by atoms with Crippen LogP contribution in [0.1, 0.15) is 10.4 Å². The number of carbonyl (C=O) groups excluding carboxylic acids is 1. The van der Waals surface area contributed by atoms with Gasteiger partial charge in [0.1, 0.15) is 0 Å². The Kier molecular flexibility index (Phi) is 4.50. The van der Waals surface area contributed by atoms with E-state index in [1.165, 1.54) is 19.2 Å². The third-order valence-corrected chi connectivity index (χ3v) is 3.44. The molecule has 0 unspecified atom stereocenters. The number of benzene rings is 1. The summed E-state index contributed by atoms with van der Waals surface area (Å²) in [6, 6.07) is 4.35. The maximum Gasteiger partial charge on any atom is 0.176 e. The number of carbonyl (C=O) groups is 1. The molecule has 0 radical (unpaired) electrons. The summed E-state index contributed by atoms with van der Waals surface area (Å²) in [6.07, 6.45) is 0. The topological polar surface area (TPSA) is 32.8 Å². The number of ether oxygens (including phenoxy) is 1. The Morgan fingerprint density at radius 2 is 2.00 bits per heavy atom. The average Bonchev–Trinajstić information content (AvgIpc) is 2.41. The molecule has 1 aromatic carbocycles. The minimum Gasteiger partial charge on any atom is -0.494 e. The molecule has 0 spiro atoms. The number of Topliss-reactive ketones (excluding diaryl/α,β-unsaturated/α-hetero) is 1. The van der Waals surface area contributed by atoms with Crippen molar-refractivity contribution < 1.29 is 13.9 Å². The molecule has 0 aliphatic carbocycles. The molecule has 1 aliphatic rings. The van der Waals surface area contributed by atoms with E-state index in [0.717, 1.165) is 26.2 Å². The Morgan fingerprint density at radius 3 is 2.58 bits per heavy atom. The number of methoxy groups -OCH3 is 1. The van der Waals surface area contributed by atoms with Crippen molar-refractivity contribution in [2.75, 3.05) is 46.9 Å². The highest BCUT2D eigenvalue weighted by Crippen LogP contribution is 2.18. The van der Waals surface area contributed by atoms with Crippen LogP contribution in [0.25, 0.3) is 0 Å². The lowest BCUT2D eigenvalue weighted by Gasteiger charge is -2.31. The molecule has 1 heterocycles. The zero-order valence-electron chi connectivity index (χ0n) is 11.4. The molecule has 104 valence electrons. The van der Waals surface area contributed by atoms with Gasteiger partial charge in [0.05, 0.1) is 13.7 Å². The number of piperazine rings is 1. The van der Waals surface area contributed by atoms with Crippen LogP contribution >= 0.6 is 0 Å². The van der Waals surface area contributed by atoms with Crippen LogP contribution in [0.15, 0.2) is 18.2 Å². The molecule has 0 bridgehead atoms. The Morgan fingerprint density at radius 1 is 1.32 bits per heavy atom. The van der Waals surface area contributed by atoms with Gasteiger partial charge >= 0.3 is 0 Å². The highest BCUT2D eigenvalue weighted by Gasteiger charge is 2.18. The molecule has 0 N–H and O–H groups in total. The van der Waals surface area contributed by atoms with Crippen molar-refractivity contribution in [3.05, 3.63) is 29.6 Å². The monoisotopic (exact) mass is 266 g/mol. The van der Waals surface area contributed by atoms with Crippen LogP contribution in [0.2, 0.25) is 0 Å². The van der Waals surface area contributed by atoms with Gasteiger partial charge < -0.3 is 9.64 Å². The molecule has 0 saturated carbocycles. The highest BCUT2D eigenvalue weighted by molar-refractivity contribution is 5.97. The number of hydrogen-bond donors (Lipinski definition) is 0. The first-order chi connectivity index (χ1) is 9.10. The third kappa shape index (κ3) is 3.52. The standard InChI is InChI=1S/C14H19FN2O2/c1-16-5-7-17(8-6-16)10-13(18)11-3-4-14(19-2)12(15)9-11/h3-4,9H,5-8,10H2,1-2H3. The van der Waals surface area contributed by atoms with Gasteiger partial charge in [-0.25, -0.2) is 4.39 Å². The first kappa shape index (κ1) is 14.0. The largest absolute Gasteiger partial charge is 0.494 e. The van der Waals surface area contributed by atoms with Gasteiger partial charge in [0, 0.05) is 31.7 Å². The second-order valence-corrected chi connectivity index (χ2v) is 4.85. The van der Waals surface area contributed by atoms with Gasteiger partial charge in [-0.3, -0.25) is 9.69 Å². The van der Waals surface area contributed by atoms with Crippen molar-refractivity contribution in [1.29, 1.82) is 0 Å². The summed E-state index contributed by atoms with van der Waals surface area (Å²) >= 11 is 0. The smallest absolute Gasteiger partial charge is 0.176 e. The van der Waals surface area contributed by atoms with Gasteiger partial charge in [-0.05, 0) is 25.2 Å². The molecular weight excluding hydrogens is 247 g/mol. The number of ketones is 1. The first-order valence-electron chi connectivity index (χ1n) is 6.38. The second kappa shape index (κ2) is 6.12. The summed E-state index contributed by atoms with van der Waals surface area (Å²) in [6.45, 7) is 4.02. The molecule has 1 aromatic rings. The van der Waals surface area contributed by atoms with Crippen molar-refractivity contribution in [1.82, 2.24) is 9.80 Å². The van der Waals surface area contributed by atoms with Gasteiger partial charge in [0.15, 0.2) is 17.3 Å². The maximum atomic E-state index is 13.5. The van der Waals surface area contributed by atoms with E-state index in [9.17, 15) is 9.18 Å². The molecule has 1 aliphatic heterocycles. The van der Waals surface area contributed by atoms with Crippen LogP contribution in [-0.2, 0) is 0 Å². The lowest BCUT2D eigenvalue weighted by atomic mass is 10.1. The van der Waals surface area contributed by atoms with Crippen LogP contribution in [-0.4, -0.2) is 62.5 Å². The molecule has 4 nitrogen and oxygen atoms in total. The van der Waals surface area contributed by atoms with Crippen molar-refractivity contribution >= 4 is 5.78 Å². The van der Waals surface area contributed by atoms with Crippen molar-refractivity contribution in [3.63, 3.8) is 0 Å². The van der Waals surface area contributed by atoms with Gasteiger partial charge in [-0.1, -0.05) is 0 Å². The van der Waals surface area contributed by atoms with E-state index in [-0.39, 0.29) is 11.5 Å². The fourth-order valence-corrected chi connectivity index (χ4v) is 2.14. The summed E-state index contributed by atoms with van der Waals surface area (Å²) in [5.74, 6) is -0.381. The van der Waals surface area contributed by atoms with Crippen molar-refractivity contribution in [2.24, 2.45) is 0 Å². The number of likely N-dealkylation sites (N-methyl/N-ethyl adjacent to an activating group) is 1. The highest BCUT2D eigenvalue weighted by atomic mass is 19.1. The molecule has 0 atom stereocenters. The van der Waals surface area contributed by atoms with E-state index >= 15 is 0 Å². The maximum absolute atomic E-state index is 13.5. The van der Waals surface area contributed by atoms with Crippen LogP contribution in [0.5, 0.6) is 5.75 Å². The lowest BCUT2D eigenvalue weighted by Crippen LogP contribution is -2.46. The van der Waals surface area contributed by atoms with E-state index < -0.39 is 5.82 Å². The molecule has 2 rings (SSSR count). The van der Waals surface area contributed by atoms with Crippen LogP contribution in [0.3, 0.4) is 0 Å². The Balaban J connectivity index is 1.98.